The second kappa shape index (κ2) is 53.5. The minimum Gasteiger partial charge on any atom is -0.462 e. The highest BCUT2D eigenvalue weighted by molar-refractivity contribution is 5.71. The first-order valence-corrected chi connectivity index (χ1v) is 27.4. The van der Waals surface area contributed by atoms with E-state index in [-0.39, 0.29) is 31.1 Å². The van der Waals surface area contributed by atoms with E-state index in [1.165, 1.54) is 116 Å². The van der Waals surface area contributed by atoms with Crippen LogP contribution < -0.4 is 0 Å². The minimum atomic E-state index is -0.789. The maximum Gasteiger partial charge on any atom is 0.306 e. The summed E-state index contributed by atoms with van der Waals surface area (Å²) in [7, 11) is 0. The van der Waals surface area contributed by atoms with E-state index in [0.29, 0.717) is 19.3 Å². The van der Waals surface area contributed by atoms with Crippen LogP contribution in [-0.2, 0) is 28.6 Å². The Labute approximate surface area is 402 Å². The van der Waals surface area contributed by atoms with Gasteiger partial charge in [-0.05, 0) is 109 Å². The molecule has 374 valence electrons. The third kappa shape index (κ3) is 51.7. The van der Waals surface area contributed by atoms with Crippen molar-refractivity contribution in [3.63, 3.8) is 0 Å². The van der Waals surface area contributed by atoms with Crippen molar-refractivity contribution in [2.75, 3.05) is 13.2 Å². The van der Waals surface area contributed by atoms with Crippen LogP contribution in [0.2, 0.25) is 0 Å². The summed E-state index contributed by atoms with van der Waals surface area (Å²) in [6.45, 7) is 6.47. The van der Waals surface area contributed by atoms with Gasteiger partial charge < -0.3 is 14.2 Å². The van der Waals surface area contributed by atoms with Crippen LogP contribution >= 0.6 is 0 Å². The summed E-state index contributed by atoms with van der Waals surface area (Å²) in [4.78, 5) is 38.1. The largest absolute Gasteiger partial charge is 0.462 e. The zero-order valence-corrected chi connectivity index (χ0v) is 42.7. The number of carbonyl (C=O) groups excluding carboxylic acids is 3. The predicted molar refractivity (Wildman–Crippen MR) is 279 cm³/mol. The fourth-order valence-electron chi connectivity index (χ4n) is 7.54. The van der Waals surface area contributed by atoms with Crippen LogP contribution in [0.1, 0.15) is 265 Å². The van der Waals surface area contributed by atoms with Gasteiger partial charge in [0.1, 0.15) is 13.2 Å². The van der Waals surface area contributed by atoms with Gasteiger partial charge >= 0.3 is 17.9 Å². The molecule has 0 saturated carbocycles. The van der Waals surface area contributed by atoms with E-state index in [4.69, 9.17) is 14.2 Å². The number of esters is 3. The van der Waals surface area contributed by atoms with E-state index in [1.54, 1.807) is 0 Å². The molecule has 0 heterocycles. The molecule has 0 aromatic heterocycles. The van der Waals surface area contributed by atoms with Crippen molar-refractivity contribution >= 4 is 17.9 Å². The van der Waals surface area contributed by atoms with Crippen molar-refractivity contribution in [2.45, 2.75) is 271 Å². The van der Waals surface area contributed by atoms with Crippen molar-refractivity contribution in [1.82, 2.24) is 0 Å². The summed E-state index contributed by atoms with van der Waals surface area (Å²) in [5.74, 6) is -0.912. The van der Waals surface area contributed by atoms with Crippen molar-refractivity contribution in [3.8, 4) is 0 Å². The summed E-state index contributed by atoms with van der Waals surface area (Å²) in [6, 6.07) is 0. The summed E-state index contributed by atoms with van der Waals surface area (Å²) in [5, 5.41) is 0. The molecule has 0 aromatic carbocycles. The molecule has 0 unspecified atom stereocenters. The van der Waals surface area contributed by atoms with Crippen LogP contribution in [0.25, 0.3) is 0 Å². The second-order valence-corrected chi connectivity index (χ2v) is 18.1. The first-order chi connectivity index (χ1) is 32.0. The Hall–Kier alpha value is -3.15. The van der Waals surface area contributed by atoms with Gasteiger partial charge in [-0.3, -0.25) is 14.4 Å². The fourth-order valence-corrected chi connectivity index (χ4v) is 7.54. The maximum atomic E-state index is 12.8. The van der Waals surface area contributed by atoms with Gasteiger partial charge in [-0.1, -0.05) is 209 Å². The zero-order valence-electron chi connectivity index (χ0n) is 42.7. The molecule has 65 heavy (non-hydrogen) atoms. The van der Waals surface area contributed by atoms with E-state index in [2.05, 4.69) is 93.7 Å². The Morgan fingerprint density at radius 3 is 0.985 bits per heavy atom. The molecule has 0 radical (unpaired) electrons. The quantitative estimate of drug-likeness (QED) is 0.0262. The van der Waals surface area contributed by atoms with Crippen LogP contribution in [-0.4, -0.2) is 37.2 Å². The van der Waals surface area contributed by atoms with Crippen LogP contribution in [0.5, 0.6) is 0 Å². The van der Waals surface area contributed by atoms with Crippen molar-refractivity contribution in [3.05, 3.63) is 72.9 Å². The van der Waals surface area contributed by atoms with E-state index in [1.807, 2.05) is 0 Å². The number of hydrogen-bond acceptors (Lipinski definition) is 6. The van der Waals surface area contributed by atoms with Crippen LogP contribution in [0.15, 0.2) is 72.9 Å². The lowest BCUT2D eigenvalue weighted by molar-refractivity contribution is -0.167. The molecule has 0 bridgehead atoms. The van der Waals surface area contributed by atoms with Crippen LogP contribution in [0.3, 0.4) is 0 Å². The molecule has 0 aliphatic heterocycles. The highest BCUT2D eigenvalue weighted by Crippen LogP contribution is 2.15. The summed E-state index contributed by atoms with van der Waals surface area (Å²) < 4.78 is 16.8. The first kappa shape index (κ1) is 61.9. The van der Waals surface area contributed by atoms with Crippen LogP contribution in [0.4, 0.5) is 0 Å². The lowest BCUT2D eigenvalue weighted by atomic mass is 10.1. The lowest BCUT2D eigenvalue weighted by Crippen LogP contribution is -2.30. The Balaban J connectivity index is 4.39. The third-order valence-corrected chi connectivity index (χ3v) is 11.7. The molecular weight excluding hydrogens is 805 g/mol. The van der Waals surface area contributed by atoms with Gasteiger partial charge in [0.2, 0.25) is 0 Å². The van der Waals surface area contributed by atoms with Crippen molar-refractivity contribution < 1.29 is 28.6 Å². The van der Waals surface area contributed by atoms with E-state index < -0.39 is 6.10 Å². The van der Waals surface area contributed by atoms with E-state index in [9.17, 15) is 14.4 Å². The lowest BCUT2D eigenvalue weighted by Gasteiger charge is -2.18. The Morgan fingerprint density at radius 1 is 0.323 bits per heavy atom. The summed E-state index contributed by atoms with van der Waals surface area (Å²) in [6.07, 6.45) is 67.4. The molecule has 1 atom stereocenters. The minimum absolute atomic E-state index is 0.0871. The zero-order chi connectivity index (χ0) is 47.2. The second-order valence-electron chi connectivity index (χ2n) is 18.1. The SMILES string of the molecule is CC/C=C\C/C=C\C/C=C\CCCCCCCC(=O)O[C@@H](COC(=O)CCCCCCC/C=C\CCCCCC)COC(=O)CCCCCCCCCCC/C=C\C/C=C\CCCCC. The third-order valence-electron chi connectivity index (χ3n) is 11.7. The molecule has 0 N–H and O–H groups in total. The summed E-state index contributed by atoms with van der Waals surface area (Å²) >= 11 is 0. The van der Waals surface area contributed by atoms with Crippen molar-refractivity contribution in [2.24, 2.45) is 0 Å². The maximum absolute atomic E-state index is 12.8. The van der Waals surface area contributed by atoms with Gasteiger partial charge in [-0.15, -0.1) is 0 Å². The van der Waals surface area contributed by atoms with Gasteiger partial charge in [0.05, 0.1) is 0 Å². The molecule has 0 aliphatic carbocycles. The number of hydrogen-bond donors (Lipinski definition) is 0. The van der Waals surface area contributed by atoms with Crippen molar-refractivity contribution in [1.29, 1.82) is 0 Å². The molecule has 6 nitrogen and oxygen atoms in total. The number of carbonyl (C=O) groups is 3. The number of allylic oxidation sites excluding steroid dienone is 12. The van der Waals surface area contributed by atoms with E-state index in [0.717, 1.165) is 109 Å². The number of ether oxygens (including phenoxy) is 3. The smallest absolute Gasteiger partial charge is 0.306 e. The highest BCUT2D eigenvalue weighted by Gasteiger charge is 2.19. The topological polar surface area (TPSA) is 78.9 Å². The van der Waals surface area contributed by atoms with Gasteiger partial charge in [0, 0.05) is 19.3 Å². The monoisotopic (exact) mass is 907 g/mol. The fraction of sp³-hybridized carbons (Fsp3) is 0.746. The Bertz CT molecular complexity index is 1230. The van der Waals surface area contributed by atoms with E-state index >= 15 is 0 Å². The average Bonchev–Trinajstić information content (AvgIpc) is 3.30. The molecule has 6 heteroatoms. The molecular formula is C59H102O6. The van der Waals surface area contributed by atoms with Gasteiger partial charge in [0.25, 0.3) is 0 Å². The van der Waals surface area contributed by atoms with Gasteiger partial charge in [-0.25, -0.2) is 0 Å². The number of rotatable bonds is 49. The molecule has 0 aliphatic rings. The average molecular weight is 907 g/mol. The molecule has 0 saturated heterocycles. The molecule has 0 amide bonds. The molecule has 0 spiro atoms. The predicted octanol–water partition coefficient (Wildman–Crippen LogP) is 18.2. The summed E-state index contributed by atoms with van der Waals surface area (Å²) in [5.41, 5.74) is 0. The normalized spacial score (nSPS) is 12.6. The van der Waals surface area contributed by atoms with Crippen LogP contribution in [0, 0.1) is 0 Å². The molecule has 0 fully saturated rings. The standard InChI is InChI=1S/C59H102O6/c1-4-7-10-13-16-19-22-25-27-28-29-30-32-34-37-40-43-46-49-52-58(61)64-55-56(54-63-57(60)51-48-45-42-39-36-33-24-21-18-15-12-9-6-3)65-59(62)53-50-47-44-41-38-35-31-26-23-20-17-14-11-8-5-2/h8,11,16-17,19-21,24-27,31,56H,4-7,9-10,12-15,18,22-23,28-30,32-55H2,1-3H3/b11-8-,19-16-,20-17-,24-21-,27-25-,31-26-/t56-/m0/s1. The van der Waals surface area contributed by atoms with Gasteiger partial charge in [0.15, 0.2) is 6.10 Å². The van der Waals surface area contributed by atoms with Gasteiger partial charge in [-0.2, -0.15) is 0 Å². The highest BCUT2D eigenvalue weighted by atomic mass is 16.6. The Kier molecular flexibility index (Phi) is 50.9. The molecule has 0 aromatic rings. The number of unbranched alkanes of at least 4 members (excludes halogenated alkanes) is 26. The first-order valence-electron chi connectivity index (χ1n) is 27.4. The Morgan fingerprint density at radius 2 is 0.600 bits per heavy atom. The molecule has 0 rings (SSSR count).